The highest BCUT2D eigenvalue weighted by molar-refractivity contribution is 6.06. The van der Waals surface area contributed by atoms with E-state index in [1.165, 1.54) is 25.2 Å². The van der Waals surface area contributed by atoms with Crippen LogP contribution >= 0.6 is 0 Å². The first-order valence-electron chi connectivity index (χ1n) is 9.49. The minimum atomic E-state index is -1.34. The Bertz CT molecular complexity index is 939. The van der Waals surface area contributed by atoms with Gasteiger partial charge in [0.2, 0.25) is 5.78 Å². The van der Waals surface area contributed by atoms with Crippen LogP contribution in [0, 0.1) is 23.4 Å². The van der Waals surface area contributed by atoms with Gasteiger partial charge in [-0.3, -0.25) is 14.5 Å². The van der Waals surface area contributed by atoms with Gasteiger partial charge in [-0.15, -0.1) is 0 Å². The number of anilines is 1. The molecule has 6 nitrogen and oxygen atoms in total. The van der Waals surface area contributed by atoms with Crippen molar-refractivity contribution < 1.29 is 27.9 Å². The Morgan fingerprint density at radius 1 is 1.17 bits per heavy atom. The summed E-state index contributed by atoms with van der Waals surface area (Å²) in [6, 6.07) is 5.07. The maximum Gasteiger partial charge on any atom is 0.265 e. The zero-order valence-corrected chi connectivity index (χ0v) is 16.6. The fourth-order valence-corrected chi connectivity index (χ4v) is 3.48. The molecule has 1 amide bonds. The van der Waals surface area contributed by atoms with Crippen molar-refractivity contribution in [2.45, 2.75) is 18.9 Å². The van der Waals surface area contributed by atoms with E-state index in [2.05, 4.69) is 9.88 Å². The number of hydrogen-bond acceptors (Lipinski definition) is 5. The average Bonchev–Trinajstić information content (AvgIpc) is 2.72. The van der Waals surface area contributed by atoms with Crippen molar-refractivity contribution in [1.82, 2.24) is 9.88 Å². The molecule has 0 aliphatic carbocycles. The maximum absolute atomic E-state index is 13.9. The highest BCUT2D eigenvalue weighted by Crippen LogP contribution is 2.24. The van der Waals surface area contributed by atoms with Gasteiger partial charge >= 0.3 is 0 Å². The van der Waals surface area contributed by atoms with Crippen LogP contribution in [0.5, 0.6) is 0 Å². The zero-order chi connectivity index (χ0) is 22.0. The number of aliphatic hydroxyl groups is 1. The van der Waals surface area contributed by atoms with Crippen LogP contribution in [-0.4, -0.2) is 60.0 Å². The molecule has 2 aromatic rings. The topological polar surface area (TPSA) is 73.7 Å². The van der Waals surface area contributed by atoms with Gasteiger partial charge in [0.15, 0.2) is 0 Å². The molecule has 0 bridgehead atoms. The monoisotopic (exact) mass is 421 g/mol. The number of halogens is 3. The molecule has 0 spiro atoms. The molecule has 1 fully saturated rings. The number of pyridine rings is 1. The SMILES string of the molecule is CN1CCC(C(O)C(=O)c2cccc(N(C)C(=O)c3c(F)cc(F)cc3F)n2)CC1. The number of ketones is 1. The van der Waals surface area contributed by atoms with Gasteiger partial charge < -0.3 is 10.0 Å². The molecule has 1 aliphatic heterocycles. The lowest BCUT2D eigenvalue weighted by atomic mass is 9.88. The van der Waals surface area contributed by atoms with Gasteiger partial charge in [0.1, 0.15) is 40.6 Å². The van der Waals surface area contributed by atoms with Crippen LogP contribution in [0.15, 0.2) is 30.3 Å². The Morgan fingerprint density at radius 3 is 2.37 bits per heavy atom. The lowest BCUT2D eigenvalue weighted by Gasteiger charge is -2.31. The molecule has 1 atom stereocenters. The largest absolute Gasteiger partial charge is 0.385 e. The van der Waals surface area contributed by atoms with Gasteiger partial charge in [0.05, 0.1) is 0 Å². The highest BCUT2D eigenvalue weighted by atomic mass is 19.1. The van der Waals surface area contributed by atoms with E-state index in [1.807, 2.05) is 7.05 Å². The van der Waals surface area contributed by atoms with Gasteiger partial charge in [0.25, 0.3) is 5.91 Å². The number of amides is 1. The summed E-state index contributed by atoms with van der Waals surface area (Å²) in [7, 11) is 3.20. The summed E-state index contributed by atoms with van der Waals surface area (Å²) in [4.78, 5) is 32.3. The molecule has 1 N–H and O–H groups in total. The average molecular weight is 421 g/mol. The Kier molecular flexibility index (Phi) is 6.52. The molecule has 0 radical (unpaired) electrons. The normalized spacial score (nSPS) is 16.3. The van der Waals surface area contributed by atoms with E-state index in [9.17, 15) is 27.9 Å². The number of likely N-dealkylation sites (tertiary alicyclic amines) is 1. The van der Waals surface area contributed by atoms with E-state index in [4.69, 9.17) is 0 Å². The Balaban J connectivity index is 1.81. The second-order valence-electron chi connectivity index (χ2n) is 7.44. The molecule has 160 valence electrons. The summed E-state index contributed by atoms with van der Waals surface area (Å²) in [5.74, 6) is -5.71. The maximum atomic E-state index is 13.9. The van der Waals surface area contributed by atoms with Crippen molar-refractivity contribution in [3.05, 3.63) is 59.0 Å². The molecule has 30 heavy (non-hydrogen) atoms. The number of hydrogen-bond donors (Lipinski definition) is 1. The summed E-state index contributed by atoms with van der Waals surface area (Å²) in [6.45, 7) is 1.54. The third-order valence-electron chi connectivity index (χ3n) is 5.33. The fourth-order valence-electron chi connectivity index (χ4n) is 3.48. The Labute approximate surface area is 171 Å². The van der Waals surface area contributed by atoms with Gasteiger partial charge in [-0.1, -0.05) is 6.07 Å². The van der Waals surface area contributed by atoms with Crippen molar-refractivity contribution in [3.8, 4) is 0 Å². The van der Waals surface area contributed by atoms with Crippen molar-refractivity contribution in [2.24, 2.45) is 5.92 Å². The first-order valence-corrected chi connectivity index (χ1v) is 9.49. The molecular weight excluding hydrogens is 399 g/mol. The summed E-state index contributed by atoms with van der Waals surface area (Å²) >= 11 is 0. The van der Waals surface area contributed by atoms with E-state index in [0.29, 0.717) is 25.0 Å². The first-order chi connectivity index (χ1) is 14.2. The van der Waals surface area contributed by atoms with Crippen molar-refractivity contribution >= 4 is 17.5 Å². The second kappa shape index (κ2) is 8.93. The third-order valence-corrected chi connectivity index (χ3v) is 5.33. The number of aliphatic hydroxyl groups excluding tert-OH is 1. The fraction of sp³-hybridized carbons (Fsp3) is 0.381. The molecule has 0 saturated carbocycles. The molecule has 1 aromatic carbocycles. The number of piperidine rings is 1. The highest BCUT2D eigenvalue weighted by Gasteiger charge is 2.31. The molecule has 3 rings (SSSR count). The smallest absolute Gasteiger partial charge is 0.265 e. The minimum Gasteiger partial charge on any atom is -0.385 e. The van der Waals surface area contributed by atoms with Crippen LogP contribution in [0.3, 0.4) is 0 Å². The van der Waals surface area contributed by atoms with E-state index in [1.54, 1.807) is 0 Å². The van der Waals surface area contributed by atoms with E-state index >= 15 is 0 Å². The van der Waals surface area contributed by atoms with E-state index < -0.39 is 40.8 Å². The van der Waals surface area contributed by atoms with Crippen LogP contribution in [0.25, 0.3) is 0 Å². The van der Waals surface area contributed by atoms with Gasteiger partial charge in [-0.2, -0.15) is 0 Å². The summed E-state index contributed by atoms with van der Waals surface area (Å²) < 4.78 is 41.0. The van der Waals surface area contributed by atoms with Crippen molar-refractivity contribution in [1.29, 1.82) is 0 Å². The predicted octanol–water partition coefficient (Wildman–Crippen LogP) is 2.66. The number of aromatic nitrogens is 1. The number of benzene rings is 1. The number of carbonyl (C=O) groups excluding carboxylic acids is 2. The summed E-state index contributed by atoms with van der Waals surface area (Å²) in [5, 5.41) is 10.5. The van der Waals surface area contributed by atoms with Gasteiger partial charge in [-0.25, -0.2) is 18.2 Å². The quantitative estimate of drug-likeness (QED) is 0.752. The number of rotatable bonds is 5. The molecular formula is C21H22F3N3O3. The Hall–Kier alpha value is -2.78. The lowest BCUT2D eigenvalue weighted by molar-refractivity contribution is 0.0465. The molecule has 9 heteroatoms. The minimum absolute atomic E-state index is 0.0375. The van der Waals surface area contributed by atoms with Crippen LogP contribution in [0.2, 0.25) is 0 Å². The molecule has 1 aliphatic rings. The summed E-state index contributed by atoms with van der Waals surface area (Å²) in [6.07, 6.45) is 0.115. The van der Waals surface area contributed by atoms with Crippen LogP contribution < -0.4 is 4.90 Å². The number of Topliss-reactive ketones (excluding diaryl/α,β-unsaturated/α-hetero) is 1. The van der Waals surface area contributed by atoms with Crippen LogP contribution in [-0.2, 0) is 0 Å². The lowest BCUT2D eigenvalue weighted by Crippen LogP contribution is -2.39. The van der Waals surface area contributed by atoms with E-state index in [0.717, 1.165) is 18.0 Å². The van der Waals surface area contributed by atoms with Crippen LogP contribution in [0.1, 0.15) is 33.7 Å². The molecule has 1 unspecified atom stereocenters. The first kappa shape index (κ1) is 21.9. The second-order valence-corrected chi connectivity index (χ2v) is 7.44. The van der Waals surface area contributed by atoms with Crippen molar-refractivity contribution in [3.63, 3.8) is 0 Å². The number of carbonyl (C=O) groups is 2. The van der Waals surface area contributed by atoms with Gasteiger partial charge in [0, 0.05) is 19.2 Å². The predicted molar refractivity (Wildman–Crippen MR) is 104 cm³/mol. The van der Waals surface area contributed by atoms with E-state index in [-0.39, 0.29) is 17.4 Å². The zero-order valence-electron chi connectivity index (χ0n) is 16.6. The van der Waals surface area contributed by atoms with Gasteiger partial charge in [-0.05, 0) is 51.0 Å². The molecule has 1 aromatic heterocycles. The third kappa shape index (κ3) is 4.52. The Morgan fingerprint density at radius 2 is 1.77 bits per heavy atom. The van der Waals surface area contributed by atoms with Crippen LogP contribution in [0.4, 0.5) is 19.0 Å². The molecule has 2 heterocycles. The molecule has 1 saturated heterocycles. The standard InChI is InChI=1S/C21H22F3N3O3/c1-26-8-6-12(7-9-26)19(28)20(29)16-4-3-5-17(25-16)27(2)21(30)18-14(23)10-13(22)11-15(18)24/h3-5,10-12,19,28H,6-9H2,1-2H3. The number of nitrogens with zero attached hydrogens (tertiary/aromatic N) is 3. The summed E-state index contributed by atoms with van der Waals surface area (Å²) in [5.41, 5.74) is -0.984. The van der Waals surface area contributed by atoms with Crippen molar-refractivity contribution in [2.75, 3.05) is 32.1 Å².